The van der Waals surface area contributed by atoms with E-state index in [-0.39, 0.29) is 6.07 Å². The average molecular weight is 357 g/mol. The Kier molecular flexibility index (Phi) is 4.57. The normalized spacial score (nSPS) is 12.5. The van der Waals surface area contributed by atoms with Crippen LogP contribution < -0.4 is 4.74 Å². The van der Waals surface area contributed by atoms with Crippen molar-refractivity contribution in [2.24, 2.45) is 0 Å². The predicted molar refractivity (Wildman–Crippen MR) is 55.6 cm³/mol. The van der Waals surface area contributed by atoms with Crippen molar-refractivity contribution >= 4 is 25.6 Å². The second-order valence-electron chi connectivity index (χ2n) is 3.25. The van der Waals surface area contributed by atoms with Crippen LogP contribution in [0.1, 0.15) is 12.0 Å². The van der Waals surface area contributed by atoms with Crippen molar-refractivity contribution in [3.63, 3.8) is 0 Å². The highest BCUT2D eigenvalue weighted by molar-refractivity contribution is 8.13. The van der Waals surface area contributed by atoms with E-state index in [9.17, 15) is 40.5 Å². The summed E-state index contributed by atoms with van der Waals surface area (Å²) in [6, 6.07) is -0.0107. The maximum atomic E-state index is 12.7. The number of rotatable bonds is 4. The molecule has 0 saturated carbocycles. The smallest absolute Gasteiger partial charge is 0.365 e. The zero-order chi connectivity index (χ0) is 16.6. The molecule has 0 aliphatic heterocycles. The van der Waals surface area contributed by atoms with Gasteiger partial charge in [-0.05, 0) is 4.92 Å². The lowest BCUT2D eigenvalue weighted by Crippen LogP contribution is -2.20. The Morgan fingerprint density at radius 1 is 1.38 bits per heavy atom. The minimum absolute atomic E-state index is 0.0107. The van der Waals surface area contributed by atoms with E-state index < -0.39 is 48.9 Å². The van der Waals surface area contributed by atoms with Crippen molar-refractivity contribution in [2.45, 2.75) is 17.7 Å². The first-order valence-corrected chi connectivity index (χ1v) is 6.81. The Bertz CT molecular complexity index is 677. The minimum atomic E-state index is -5.53. The van der Waals surface area contributed by atoms with Gasteiger partial charge < -0.3 is 14.9 Å². The third-order valence-electron chi connectivity index (χ3n) is 1.84. The molecule has 0 N–H and O–H groups in total. The third kappa shape index (κ3) is 4.35. The van der Waals surface area contributed by atoms with Gasteiger partial charge >= 0.3 is 18.1 Å². The Balaban J connectivity index is 3.75. The summed E-state index contributed by atoms with van der Waals surface area (Å²) in [7, 11) is -0.386. The van der Waals surface area contributed by atoms with Crippen LogP contribution >= 0.6 is 10.7 Å². The Morgan fingerprint density at radius 3 is 2.24 bits per heavy atom. The lowest BCUT2D eigenvalue weighted by Gasteiger charge is -2.10. The van der Waals surface area contributed by atoms with Gasteiger partial charge in [0.25, 0.3) is 15.5 Å². The van der Waals surface area contributed by atoms with Gasteiger partial charge in [0.15, 0.2) is 4.90 Å². The molecule has 0 bridgehead atoms. The van der Waals surface area contributed by atoms with Crippen LogP contribution in [0, 0.1) is 10.1 Å². The summed E-state index contributed by atoms with van der Waals surface area (Å²) in [5.41, 5.74) is -1.63. The average Bonchev–Trinajstić information content (AvgIpc) is 2.23. The monoisotopic (exact) mass is 356 g/mol. The lowest BCUT2D eigenvalue weighted by molar-refractivity contribution is -0.390. The molecule has 7 nitrogen and oxygen atoms in total. The molecule has 1 aromatic heterocycles. The van der Waals surface area contributed by atoms with Crippen LogP contribution in [0.4, 0.5) is 27.8 Å². The summed E-state index contributed by atoms with van der Waals surface area (Å²) in [6.07, 6.45) is -9.20. The minimum Gasteiger partial charge on any atom is -0.365 e. The van der Waals surface area contributed by atoms with Gasteiger partial charge in [0.05, 0.1) is 5.56 Å². The largest absolute Gasteiger partial charge is 0.575 e. The molecule has 0 aliphatic carbocycles. The number of hydrogen-bond acceptors (Lipinski definition) is 6. The van der Waals surface area contributed by atoms with Gasteiger partial charge in [0, 0.05) is 21.7 Å². The highest BCUT2D eigenvalue weighted by Gasteiger charge is 2.41. The van der Waals surface area contributed by atoms with Gasteiger partial charge in [-0.1, -0.05) is 0 Å². The first-order chi connectivity index (χ1) is 9.33. The number of halogens is 6. The van der Waals surface area contributed by atoms with Crippen molar-refractivity contribution in [1.29, 1.82) is 0 Å². The molecule has 14 heteroatoms. The summed E-state index contributed by atoms with van der Waals surface area (Å²) >= 11 is 0. The van der Waals surface area contributed by atoms with E-state index in [1.807, 2.05) is 0 Å². The second kappa shape index (κ2) is 5.55. The molecule has 0 amide bonds. The predicted octanol–water partition coefficient (Wildman–Crippen LogP) is 2.75. The third-order valence-corrected chi connectivity index (χ3v) is 3.20. The molecule has 0 aromatic carbocycles. The van der Waals surface area contributed by atoms with Crippen molar-refractivity contribution in [3.05, 3.63) is 21.7 Å². The van der Waals surface area contributed by atoms with E-state index in [1.165, 1.54) is 0 Å². The molecule has 0 fully saturated rings. The van der Waals surface area contributed by atoms with Gasteiger partial charge in [0.2, 0.25) is 0 Å². The Labute approximate surface area is 116 Å². The zero-order valence-corrected chi connectivity index (χ0v) is 10.8. The second-order valence-corrected chi connectivity index (χ2v) is 5.75. The number of nitrogens with zero attached hydrogens (tertiary/aromatic N) is 2. The van der Waals surface area contributed by atoms with Gasteiger partial charge in [0.1, 0.15) is 0 Å². The Hall–Kier alpha value is -1.76. The molecule has 0 aliphatic rings. The maximum Gasteiger partial charge on any atom is 0.575 e. The number of alkyl halides is 5. The number of ether oxygens (including phenoxy) is 1. The van der Waals surface area contributed by atoms with Crippen molar-refractivity contribution in [2.75, 3.05) is 0 Å². The van der Waals surface area contributed by atoms with E-state index in [1.54, 1.807) is 0 Å². The highest BCUT2D eigenvalue weighted by atomic mass is 35.7. The molecule has 118 valence electrons. The molecule has 1 heterocycles. The highest BCUT2D eigenvalue weighted by Crippen LogP contribution is 2.38. The van der Waals surface area contributed by atoms with Crippen molar-refractivity contribution in [1.82, 2.24) is 4.98 Å². The van der Waals surface area contributed by atoms with Crippen LogP contribution in [0.15, 0.2) is 11.0 Å². The maximum absolute atomic E-state index is 12.7. The number of hydrogen-bond donors (Lipinski definition) is 0. The van der Waals surface area contributed by atoms with Crippen molar-refractivity contribution in [3.8, 4) is 5.88 Å². The topological polar surface area (TPSA) is 99.4 Å². The molecule has 0 spiro atoms. The van der Waals surface area contributed by atoms with Gasteiger partial charge in [-0.15, -0.1) is 13.2 Å². The first-order valence-electron chi connectivity index (χ1n) is 4.51. The fourth-order valence-corrected chi connectivity index (χ4v) is 2.39. The van der Waals surface area contributed by atoms with Crippen molar-refractivity contribution < 1.29 is 40.0 Å². The number of pyridine rings is 1. The van der Waals surface area contributed by atoms with E-state index in [4.69, 9.17) is 10.7 Å². The molecule has 0 radical (unpaired) electrons. The van der Waals surface area contributed by atoms with E-state index in [2.05, 4.69) is 9.72 Å². The van der Waals surface area contributed by atoms with Gasteiger partial charge in [-0.25, -0.2) is 17.2 Å². The summed E-state index contributed by atoms with van der Waals surface area (Å²) in [5, 5.41) is 10.4. The first kappa shape index (κ1) is 17.3. The molecule has 21 heavy (non-hydrogen) atoms. The van der Waals surface area contributed by atoms with E-state index >= 15 is 0 Å². The number of nitro groups is 1. The van der Waals surface area contributed by atoms with Crippen LogP contribution in [0.25, 0.3) is 0 Å². The van der Waals surface area contributed by atoms with E-state index in [0.29, 0.717) is 0 Å². The lowest BCUT2D eigenvalue weighted by atomic mass is 10.2. The molecule has 1 aromatic rings. The van der Waals surface area contributed by atoms with E-state index in [0.717, 1.165) is 0 Å². The molecule has 0 unspecified atom stereocenters. The molecular formula is C7H2ClF5N2O5S. The summed E-state index contributed by atoms with van der Waals surface area (Å²) in [6.45, 7) is 0. The fraction of sp³-hybridized carbons (Fsp3) is 0.286. The SMILES string of the molecule is O=[N+]([O-])c1cc(C(F)F)c(S(=O)(=O)Cl)c(OC(F)(F)F)n1. The molecule has 0 saturated heterocycles. The van der Waals surface area contributed by atoms with Crippen LogP contribution in [0.2, 0.25) is 0 Å². The molecule has 0 atom stereocenters. The fourth-order valence-electron chi connectivity index (χ4n) is 1.19. The summed E-state index contributed by atoms with van der Waals surface area (Å²) in [5.74, 6) is -3.42. The van der Waals surface area contributed by atoms with Crippen LogP contribution in [0.3, 0.4) is 0 Å². The zero-order valence-electron chi connectivity index (χ0n) is 9.27. The van der Waals surface area contributed by atoms with Crippen LogP contribution in [-0.2, 0) is 9.05 Å². The summed E-state index contributed by atoms with van der Waals surface area (Å²) in [4.78, 5) is 9.87. The molecular weight excluding hydrogens is 355 g/mol. The quantitative estimate of drug-likeness (QED) is 0.356. The Morgan fingerprint density at radius 2 is 1.90 bits per heavy atom. The van der Waals surface area contributed by atoms with Gasteiger partial charge in [-0.3, -0.25) is 0 Å². The standard InChI is InChI=1S/C7H2ClF5N2O5S/c8-21(18,19)4-2(5(9)10)1-3(15(16)17)14-6(4)20-7(11,12)13/h1,5H. The van der Waals surface area contributed by atoms with Crippen LogP contribution in [-0.4, -0.2) is 24.7 Å². The summed E-state index contributed by atoms with van der Waals surface area (Å²) < 4.78 is 87.1. The molecule has 1 rings (SSSR count). The van der Waals surface area contributed by atoms with Gasteiger partial charge in [-0.2, -0.15) is 0 Å². The van der Waals surface area contributed by atoms with Crippen LogP contribution in [0.5, 0.6) is 5.88 Å². The number of aromatic nitrogens is 1.